The van der Waals surface area contributed by atoms with E-state index >= 15 is 0 Å². The first kappa shape index (κ1) is 23.5. The largest absolute Gasteiger partial charge is 0.474 e. The Balaban J connectivity index is 1.43. The molecule has 3 aliphatic rings. The predicted molar refractivity (Wildman–Crippen MR) is 126 cm³/mol. The highest BCUT2D eigenvalue weighted by Gasteiger charge is 2.36. The van der Waals surface area contributed by atoms with Crippen LogP contribution in [0.3, 0.4) is 0 Å². The molecule has 0 radical (unpaired) electrons. The van der Waals surface area contributed by atoms with Gasteiger partial charge in [0.15, 0.2) is 0 Å². The zero-order valence-electron chi connectivity index (χ0n) is 18.9. The Kier molecular flexibility index (Phi) is 7.25. The number of amides is 3. The van der Waals surface area contributed by atoms with Gasteiger partial charge in [0.05, 0.1) is 0 Å². The first-order chi connectivity index (χ1) is 16.4. The summed E-state index contributed by atoms with van der Waals surface area (Å²) in [6, 6.07) is 15.7. The van der Waals surface area contributed by atoms with Gasteiger partial charge in [0.2, 0.25) is 5.91 Å². The first-order valence-corrected chi connectivity index (χ1v) is 11.7. The number of nitrogens with one attached hydrogen (secondary N) is 2. The summed E-state index contributed by atoms with van der Waals surface area (Å²) < 4.78 is 0. The molecule has 5 rings (SSSR count). The lowest BCUT2D eigenvalue weighted by Crippen LogP contribution is -2.52. The number of hydrogen-bond donors (Lipinski definition) is 3. The van der Waals surface area contributed by atoms with E-state index < -0.39 is 11.9 Å². The van der Waals surface area contributed by atoms with E-state index in [4.69, 9.17) is 5.11 Å². The maximum atomic E-state index is 13.2. The number of anilines is 1. The van der Waals surface area contributed by atoms with Crippen molar-refractivity contribution in [1.29, 1.82) is 0 Å². The van der Waals surface area contributed by atoms with Crippen molar-refractivity contribution in [2.24, 2.45) is 5.92 Å². The molecular weight excluding hydrogens is 434 g/mol. The summed E-state index contributed by atoms with van der Waals surface area (Å²) in [4.78, 5) is 50.2. The van der Waals surface area contributed by atoms with E-state index in [0.717, 1.165) is 24.9 Å². The minimum atomic E-state index is -1.59. The van der Waals surface area contributed by atoms with Crippen molar-refractivity contribution in [2.75, 3.05) is 11.9 Å². The zero-order chi connectivity index (χ0) is 24.1. The number of aliphatic carboxylic acids is 1. The van der Waals surface area contributed by atoms with Crippen molar-refractivity contribution >= 4 is 29.4 Å². The molecule has 0 aromatic heterocycles. The number of carboxylic acids is 1. The fraction of sp³-hybridized carbons (Fsp3) is 0.385. The number of carbonyl (C=O) groups is 4. The Morgan fingerprint density at radius 3 is 2.21 bits per heavy atom. The highest BCUT2D eigenvalue weighted by molar-refractivity contribution is 6.36. The van der Waals surface area contributed by atoms with Crippen LogP contribution in [0.4, 0.5) is 5.69 Å². The van der Waals surface area contributed by atoms with E-state index in [0.29, 0.717) is 23.9 Å². The van der Waals surface area contributed by atoms with E-state index in [1.54, 1.807) is 0 Å². The number of nitrogens with zero attached hydrogens (tertiary/aromatic N) is 1. The molecule has 2 heterocycles. The van der Waals surface area contributed by atoms with E-state index in [-0.39, 0.29) is 30.0 Å². The van der Waals surface area contributed by atoms with Crippen LogP contribution in [0.25, 0.3) is 0 Å². The Morgan fingerprint density at radius 1 is 0.941 bits per heavy atom. The summed E-state index contributed by atoms with van der Waals surface area (Å²) in [5.41, 5.74) is 1.67. The van der Waals surface area contributed by atoms with E-state index in [1.807, 2.05) is 35.2 Å². The van der Waals surface area contributed by atoms with Crippen molar-refractivity contribution in [3.05, 3.63) is 65.7 Å². The molecule has 0 unspecified atom stereocenters. The molecule has 3 fully saturated rings. The highest BCUT2D eigenvalue weighted by Crippen LogP contribution is 2.35. The molecule has 2 aromatic rings. The van der Waals surface area contributed by atoms with Gasteiger partial charge in [-0.2, -0.15) is 0 Å². The third kappa shape index (κ3) is 5.81. The summed E-state index contributed by atoms with van der Waals surface area (Å²) in [6.07, 6.45) is 5.29. The van der Waals surface area contributed by atoms with Gasteiger partial charge in [0, 0.05) is 36.3 Å². The zero-order valence-corrected chi connectivity index (χ0v) is 18.9. The van der Waals surface area contributed by atoms with Crippen LogP contribution >= 0.6 is 0 Å². The van der Waals surface area contributed by atoms with Gasteiger partial charge in [0.25, 0.3) is 5.91 Å². The van der Waals surface area contributed by atoms with E-state index in [9.17, 15) is 19.2 Å². The fourth-order valence-corrected chi connectivity index (χ4v) is 4.93. The van der Waals surface area contributed by atoms with Gasteiger partial charge in [-0.3, -0.25) is 14.4 Å². The third-order valence-corrected chi connectivity index (χ3v) is 6.71. The smallest absolute Gasteiger partial charge is 0.394 e. The van der Waals surface area contributed by atoms with Gasteiger partial charge < -0.3 is 20.6 Å². The number of fused-ring (bicyclic) bond motifs is 3. The molecule has 0 spiro atoms. The lowest BCUT2D eigenvalue weighted by molar-refractivity contribution is -0.147. The van der Waals surface area contributed by atoms with Gasteiger partial charge in [-0.25, -0.2) is 4.79 Å². The van der Waals surface area contributed by atoms with Crippen molar-refractivity contribution in [1.82, 2.24) is 10.2 Å². The number of piperidine rings is 2. The van der Waals surface area contributed by atoms with Crippen LogP contribution in [0.15, 0.2) is 54.6 Å². The Labute approximate surface area is 198 Å². The maximum absolute atomic E-state index is 13.2. The quantitative estimate of drug-likeness (QED) is 0.546. The number of rotatable bonds is 7. The molecule has 34 heavy (non-hydrogen) atoms. The Morgan fingerprint density at radius 2 is 1.62 bits per heavy atom. The fourth-order valence-electron chi connectivity index (χ4n) is 4.93. The molecule has 178 valence electrons. The van der Waals surface area contributed by atoms with Crippen LogP contribution in [0, 0.1) is 5.92 Å². The predicted octanol–water partition coefficient (Wildman–Crippen LogP) is 2.84. The molecule has 3 N–H and O–H groups in total. The van der Waals surface area contributed by atoms with Crippen LogP contribution < -0.4 is 10.6 Å². The second-order valence-electron chi connectivity index (χ2n) is 9.12. The van der Waals surface area contributed by atoms with Gasteiger partial charge in [-0.15, -0.1) is 0 Å². The Hall–Kier alpha value is -3.68. The lowest BCUT2D eigenvalue weighted by atomic mass is 9.79. The molecular formula is C26H29N3O5. The number of benzene rings is 2. The monoisotopic (exact) mass is 463 g/mol. The van der Waals surface area contributed by atoms with Gasteiger partial charge >= 0.3 is 11.9 Å². The number of hydrogen-bond acceptors (Lipinski definition) is 4. The van der Waals surface area contributed by atoms with Crippen LogP contribution in [-0.4, -0.2) is 52.3 Å². The van der Waals surface area contributed by atoms with Gasteiger partial charge in [-0.1, -0.05) is 30.3 Å². The van der Waals surface area contributed by atoms with E-state index in [1.165, 1.54) is 37.1 Å². The van der Waals surface area contributed by atoms with Crippen molar-refractivity contribution in [3.8, 4) is 0 Å². The normalized spacial score (nSPS) is 19.8. The SMILES string of the molecule is O=C(O)C(=O)Nc1ccc(C(=O)N[C@@H](CC(=O)N2CC3CCC2CC3)Cc2ccccc2)cc1. The molecule has 1 saturated carbocycles. The summed E-state index contributed by atoms with van der Waals surface area (Å²) in [5.74, 6) is -2.38. The topological polar surface area (TPSA) is 116 Å². The summed E-state index contributed by atoms with van der Waals surface area (Å²) in [6.45, 7) is 0.818. The molecule has 2 saturated heterocycles. The van der Waals surface area contributed by atoms with Crippen LogP contribution in [-0.2, 0) is 20.8 Å². The van der Waals surface area contributed by atoms with Crippen LogP contribution in [0.2, 0.25) is 0 Å². The van der Waals surface area contributed by atoms with Crippen LogP contribution in [0.1, 0.15) is 48.0 Å². The first-order valence-electron chi connectivity index (χ1n) is 11.7. The average Bonchev–Trinajstić information content (AvgIpc) is 2.85. The van der Waals surface area contributed by atoms with Crippen molar-refractivity contribution in [3.63, 3.8) is 0 Å². The van der Waals surface area contributed by atoms with Crippen molar-refractivity contribution < 1.29 is 24.3 Å². The second-order valence-corrected chi connectivity index (χ2v) is 9.12. The van der Waals surface area contributed by atoms with E-state index in [2.05, 4.69) is 10.6 Å². The van der Waals surface area contributed by atoms with Gasteiger partial charge in [-0.05, 0) is 67.9 Å². The van der Waals surface area contributed by atoms with Crippen molar-refractivity contribution in [2.45, 2.75) is 50.6 Å². The highest BCUT2D eigenvalue weighted by atomic mass is 16.4. The summed E-state index contributed by atoms with van der Waals surface area (Å²) in [7, 11) is 0. The molecule has 8 heteroatoms. The third-order valence-electron chi connectivity index (χ3n) is 6.71. The number of carboxylic acid groups (broad SMARTS) is 1. The standard InChI is InChI=1S/C26H29N3O5/c30-23(29-16-18-6-12-22(29)13-7-18)15-21(14-17-4-2-1-3-5-17)28-24(31)19-8-10-20(11-9-19)27-25(32)26(33)34/h1-5,8-11,18,21-22H,6-7,12-16H2,(H,27,32)(H,28,31)(H,33,34)/t18?,21-,22?/m1/s1. The minimum Gasteiger partial charge on any atom is -0.474 e. The summed E-state index contributed by atoms with van der Waals surface area (Å²) >= 11 is 0. The minimum absolute atomic E-state index is 0.0855. The molecule has 8 nitrogen and oxygen atoms in total. The molecule has 1 atom stereocenters. The van der Waals surface area contributed by atoms with Gasteiger partial charge in [0.1, 0.15) is 0 Å². The lowest BCUT2D eigenvalue weighted by Gasteiger charge is -2.45. The second kappa shape index (κ2) is 10.5. The average molecular weight is 464 g/mol. The summed E-state index contributed by atoms with van der Waals surface area (Å²) in [5, 5.41) is 13.9. The Bertz CT molecular complexity index is 1050. The maximum Gasteiger partial charge on any atom is 0.394 e. The molecule has 2 aliphatic heterocycles. The van der Waals surface area contributed by atoms with Crippen LogP contribution in [0.5, 0.6) is 0 Å². The molecule has 3 amide bonds. The molecule has 2 aromatic carbocycles. The number of carbonyl (C=O) groups excluding carboxylic acids is 3. The molecule has 2 bridgehead atoms. The molecule has 1 aliphatic carbocycles.